The van der Waals surface area contributed by atoms with Crippen LogP contribution in [0.15, 0.2) is 0 Å². The Balaban J connectivity index is 1.68. The van der Waals surface area contributed by atoms with Crippen LogP contribution in [0, 0.1) is 5.92 Å². The summed E-state index contributed by atoms with van der Waals surface area (Å²) in [6, 6.07) is 0. The highest BCUT2D eigenvalue weighted by atomic mass is 32.2. The number of anilines is 1. The van der Waals surface area contributed by atoms with E-state index in [1.54, 1.807) is 11.3 Å². The van der Waals surface area contributed by atoms with Gasteiger partial charge in [0.15, 0.2) is 15.0 Å². The maximum atomic E-state index is 12.1. The van der Waals surface area contributed by atoms with Crippen molar-refractivity contribution in [2.24, 2.45) is 5.92 Å². The van der Waals surface area contributed by atoms with Crippen LogP contribution in [0.1, 0.15) is 42.7 Å². The molecule has 0 unspecified atom stereocenters. The van der Waals surface area contributed by atoms with E-state index in [0.29, 0.717) is 11.6 Å². The van der Waals surface area contributed by atoms with Gasteiger partial charge in [-0.15, -0.1) is 11.3 Å². The number of aromatic nitrogens is 1. The Morgan fingerprint density at radius 3 is 2.67 bits per heavy atom. The number of aryl methyl sites for hydroxylation is 2. The normalized spacial score (nSPS) is 24.9. The van der Waals surface area contributed by atoms with Gasteiger partial charge in [-0.25, -0.2) is 13.4 Å². The summed E-state index contributed by atoms with van der Waals surface area (Å²) in [6.45, 7) is 0. The second kappa shape index (κ2) is 6.04. The zero-order chi connectivity index (χ0) is 14.9. The summed E-state index contributed by atoms with van der Waals surface area (Å²) in [7, 11) is -3.02. The number of amides is 1. The molecule has 0 spiro atoms. The first-order valence-electron chi connectivity index (χ1n) is 7.53. The quantitative estimate of drug-likeness (QED) is 0.903. The SMILES string of the molecule is O=C(Nc1nc2c(s1)CCCCCC2)[C@@H]1CCS(=O)(=O)C1. The molecule has 1 atom stereocenters. The summed E-state index contributed by atoms with van der Waals surface area (Å²) in [5, 5.41) is 3.46. The van der Waals surface area contributed by atoms with Gasteiger partial charge in [-0.05, 0) is 32.1 Å². The molecular formula is C14H20N2O3S2. The standard InChI is InChI=1S/C14H20N2O3S2/c17-13(10-7-8-21(18,19)9-10)16-14-15-11-5-3-1-2-4-6-12(11)20-14/h10H,1-9H2,(H,15,16,17)/t10-/m1/s1. The Morgan fingerprint density at radius 2 is 1.95 bits per heavy atom. The number of fused-ring (bicyclic) bond motifs is 1. The van der Waals surface area contributed by atoms with Gasteiger partial charge in [0.25, 0.3) is 0 Å². The van der Waals surface area contributed by atoms with Crippen molar-refractivity contribution in [2.75, 3.05) is 16.8 Å². The third-order valence-electron chi connectivity index (χ3n) is 4.18. The van der Waals surface area contributed by atoms with Crippen molar-refractivity contribution < 1.29 is 13.2 Å². The van der Waals surface area contributed by atoms with E-state index in [0.717, 1.165) is 25.0 Å². The molecule has 1 N–H and O–H groups in total. The fourth-order valence-corrected chi connectivity index (χ4v) is 5.76. The number of nitrogens with zero attached hydrogens (tertiary/aromatic N) is 1. The Labute approximate surface area is 129 Å². The van der Waals surface area contributed by atoms with Crippen molar-refractivity contribution in [3.63, 3.8) is 0 Å². The Bertz CT molecular complexity index is 611. The van der Waals surface area contributed by atoms with E-state index >= 15 is 0 Å². The minimum Gasteiger partial charge on any atom is -0.302 e. The van der Waals surface area contributed by atoms with Gasteiger partial charge < -0.3 is 5.32 Å². The lowest BCUT2D eigenvalue weighted by Gasteiger charge is -2.06. The lowest BCUT2D eigenvalue weighted by Crippen LogP contribution is -2.23. The number of hydrogen-bond donors (Lipinski definition) is 1. The van der Waals surface area contributed by atoms with E-state index in [4.69, 9.17) is 0 Å². The molecule has 21 heavy (non-hydrogen) atoms. The topological polar surface area (TPSA) is 76.1 Å². The molecule has 2 aliphatic rings. The van der Waals surface area contributed by atoms with Crippen molar-refractivity contribution in [1.82, 2.24) is 4.98 Å². The largest absolute Gasteiger partial charge is 0.302 e. The average molecular weight is 328 g/mol. The molecule has 116 valence electrons. The van der Waals surface area contributed by atoms with Crippen molar-refractivity contribution >= 4 is 32.2 Å². The van der Waals surface area contributed by atoms with Gasteiger partial charge in [-0.2, -0.15) is 0 Å². The maximum Gasteiger partial charge on any atom is 0.230 e. The fraction of sp³-hybridized carbons (Fsp3) is 0.714. The van der Waals surface area contributed by atoms with Gasteiger partial charge in [-0.1, -0.05) is 12.8 Å². The highest BCUT2D eigenvalue weighted by Crippen LogP contribution is 2.29. The zero-order valence-electron chi connectivity index (χ0n) is 11.9. The third-order valence-corrected chi connectivity index (χ3v) is 7.02. The van der Waals surface area contributed by atoms with Crippen LogP contribution < -0.4 is 5.32 Å². The molecule has 1 saturated heterocycles. The Hall–Kier alpha value is -0.950. The molecule has 7 heteroatoms. The van der Waals surface area contributed by atoms with Crippen LogP contribution in [-0.4, -0.2) is 30.8 Å². The van der Waals surface area contributed by atoms with Crippen LogP contribution in [0.2, 0.25) is 0 Å². The van der Waals surface area contributed by atoms with Crippen molar-refractivity contribution in [3.05, 3.63) is 10.6 Å². The average Bonchev–Trinajstić information content (AvgIpc) is 2.93. The van der Waals surface area contributed by atoms with Crippen LogP contribution in [0.3, 0.4) is 0 Å². The summed E-state index contributed by atoms with van der Waals surface area (Å²) >= 11 is 1.55. The molecule has 0 bridgehead atoms. The number of thiazole rings is 1. The van der Waals surface area contributed by atoms with Crippen LogP contribution in [0.5, 0.6) is 0 Å². The van der Waals surface area contributed by atoms with Gasteiger partial charge in [0.05, 0.1) is 23.1 Å². The number of sulfone groups is 1. The molecule has 1 aliphatic carbocycles. The van der Waals surface area contributed by atoms with E-state index < -0.39 is 15.8 Å². The van der Waals surface area contributed by atoms with Crippen LogP contribution in [0.4, 0.5) is 5.13 Å². The smallest absolute Gasteiger partial charge is 0.230 e. The molecular weight excluding hydrogens is 308 g/mol. The summed E-state index contributed by atoms with van der Waals surface area (Å²) in [5.74, 6) is -0.511. The predicted octanol–water partition coefficient (Wildman–Crippen LogP) is 2.18. The Kier molecular flexibility index (Phi) is 4.31. The van der Waals surface area contributed by atoms with Gasteiger partial charge in [-0.3, -0.25) is 4.79 Å². The second-order valence-corrected chi connectivity index (χ2v) is 9.20. The molecule has 1 aromatic heterocycles. The van der Waals surface area contributed by atoms with Crippen LogP contribution in [0.25, 0.3) is 0 Å². The maximum absolute atomic E-state index is 12.1. The summed E-state index contributed by atoms with van der Waals surface area (Å²) in [5.41, 5.74) is 1.12. The van der Waals surface area contributed by atoms with E-state index in [-0.39, 0.29) is 17.4 Å². The first kappa shape index (κ1) is 15.0. The van der Waals surface area contributed by atoms with E-state index in [9.17, 15) is 13.2 Å². The van der Waals surface area contributed by atoms with Crippen molar-refractivity contribution in [1.29, 1.82) is 0 Å². The van der Waals surface area contributed by atoms with Gasteiger partial charge in [0.1, 0.15) is 0 Å². The lowest BCUT2D eigenvalue weighted by molar-refractivity contribution is -0.119. The summed E-state index contributed by atoms with van der Waals surface area (Å²) < 4.78 is 22.9. The Morgan fingerprint density at radius 1 is 1.19 bits per heavy atom. The molecule has 0 aromatic carbocycles. The lowest BCUT2D eigenvalue weighted by atomic mass is 10.0. The minimum absolute atomic E-state index is 0.0239. The minimum atomic E-state index is -3.02. The molecule has 1 fully saturated rings. The predicted molar refractivity (Wildman–Crippen MR) is 83.4 cm³/mol. The second-order valence-electron chi connectivity index (χ2n) is 5.89. The van der Waals surface area contributed by atoms with Crippen molar-refractivity contribution in [3.8, 4) is 0 Å². The van der Waals surface area contributed by atoms with E-state index in [2.05, 4.69) is 10.3 Å². The molecule has 1 amide bonds. The van der Waals surface area contributed by atoms with Gasteiger partial charge in [0.2, 0.25) is 5.91 Å². The molecule has 0 saturated carbocycles. The molecule has 2 heterocycles. The fourth-order valence-electron chi connectivity index (χ4n) is 2.97. The summed E-state index contributed by atoms with van der Waals surface area (Å²) in [6.07, 6.45) is 7.31. The van der Waals surface area contributed by atoms with E-state index in [1.807, 2.05) is 0 Å². The molecule has 5 nitrogen and oxygen atoms in total. The molecule has 3 rings (SSSR count). The third kappa shape index (κ3) is 3.63. The number of hydrogen-bond acceptors (Lipinski definition) is 5. The van der Waals surface area contributed by atoms with Crippen LogP contribution >= 0.6 is 11.3 Å². The highest BCUT2D eigenvalue weighted by molar-refractivity contribution is 7.91. The van der Waals surface area contributed by atoms with Gasteiger partial charge in [0, 0.05) is 4.88 Å². The number of nitrogens with one attached hydrogen (secondary N) is 1. The molecule has 1 aromatic rings. The van der Waals surface area contributed by atoms with E-state index in [1.165, 1.54) is 24.1 Å². The molecule has 0 radical (unpaired) electrons. The molecule has 1 aliphatic heterocycles. The summed E-state index contributed by atoms with van der Waals surface area (Å²) in [4.78, 5) is 18.0. The van der Waals surface area contributed by atoms with Crippen LogP contribution in [-0.2, 0) is 27.5 Å². The number of carbonyl (C=O) groups excluding carboxylic acids is 1. The van der Waals surface area contributed by atoms with Crippen molar-refractivity contribution in [2.45, 2.75) is 44.9 Å². The monoisotopic (exact) mass is 328 g/mol. The highest BCUT2D eigenvalue weighted by Gasteiger charge is 2.33. The zero-order valence-corrected chi connectivity index (χ0v) is 13.6. The number of carbonyl (C=O) groups is 1. The first-order chi connectivity index (χ1) is 10.0. The first-order valence-corrected chi connectivity index (χ1v) is 10.2. The van der Waals surface area contributed by atoms with Gasteiger partial charge >= 0.3 is 0 Å². The number of rotatable bonds is 2.